The maximum absolute atomic E-state index is 11.9. The third kappa shape index (κ3) is 26.6. The van der Waals surface area contributed by atoms with Crippen LogP contribution >= 0.6 is 0 Å². The van der Waals surface area contributed by atoms with Crippen LogP contribution < -0.4 is 26.6 Å². The van der Waals surface area contributed by atoms with E-state index in [0.717, 1.165) is 92.8 Å². The standard InChI is InChI=1S/C23H33N5O5.C13H26N2O3.C10H19NO2.C8H15N.C3H8/c1-3-8-21(31)28(17-30)14-7-5-4-6-13-24-23(33)25-15-19-9-11-20(12-10-19)27-22(32)18(2)26-16-29;1-6-10(3)13(11(7-2)18-5)15(4)12(17)8-14-9-16;1-8(2)10(13-3)9-5-4-6-11(9)7-12;1-6-7-3-4-8(5-7)9(6)2;1-3-2/h3,8-12,16-18H,4-7,13-15H2,1-2H3,(H,26,29)(H,27,32)(H2,24,25,33);9-11,13H,6-8H2,1-5H3,(H,14,16);7-10H,4-6H2,1-3H3;6-8H,3-5H2,1-2H3;3H2,1-2H3/b8-3-;;;;/t18-;;;;/m0..../s1. The topological polar surface area (TPSA) is 228 Å². The summed E-state index contributed by atoms with van der Waals surface area (Å²) in [6.45, 7) is 22.6. The van der Waals surface area contributed by atoms with Crippen molar-refractivity contribution < 1.29 is 47.8 Å². The van der Waals surface area contributed by atoms with E-state index >= 15 is 0 Å². The summed E-state index contributed by atoms with van der Waals surface area (Å²) in [5.74, 6) is 1.13. The van der Waals surface area contributed by atoms with Gasteiger partial charge in [0.05, 0.1) is 30.8 Å². The highest BCUT2D eigenvalue weighted by atomic mass is 16.5. The van der Waals surface area contributed by atoms with Crippen molar-refractivity contribution in [3.8, 4) is 0 Å². The van der Waals surface area contributed by atoms with Gasteiger partial charge in [-0.25, -0.2) is 4.79 Å². The minimum atomic E-state index is -0.633. The number of methoxy groups -OCH3 is 2. The fraction of sp³-hybridized carbons (Fsp3) is 0.719. The van der Waals surface area contributed by atoms with E-state index in [1.165, 1.54) is 31.8 Å². The third-order valence-corrected chi connectivity index (χ3v) is 14.3. The predicted molar refractivity (Wildman–Crippen MR) is 302 cm³/mol. The molecule has 2 aliphatic heterocycles. The van der Waals surface area contributed by atoms with Gasteiger partial charge in [0.25, 0.3) is 5.91 Å². The molecule has 1 saturated carbocycles. The van der Waals surface area contributed by atoms with Gasteiger partial charge in [0.1, 0.15) is 6.04 Å². The van der Waals surface area contributed by atoms with E-state index in [4.69, 9.17) is 9.47 Å². The first-order valence-electron chi connectivity index (χ1n) is 27.8. The number of carbonyl (C=O) groups is 8. The molecule has 19 heteroatoms. The fourth-order valence-corrected chi connectivity index (χ4v) is 9.64. The molecule has 8 unspecified atom stereocenters. The lowest BCUT2D eigenvalue weighted by Crippen LogP contribution is -2.51. The highest BCUT2D eigenvalue weighted by Gasteiger charge is 2.41. The van der Waals surface area contributed by atoms with Crippen molar-refractivity contribution in [3.05, 3.63) is 42.0 Å². The summed E-state index contributed by atoms with van der Waals surface area (Å²) in [6, 6.07) is 8.27. The van der Waals surface area contributed by atoms with Crippen LogP contribution in [0.25, 0.3) is 0 Å². The maximum Gasteiger partial charge on any atom is 0.315 e. The molecule has 76 heavy (non-hydrogen) atoms. The molecule has 434 valence electrons. The number of likely N-dealkylation sites (N-methyl/N-ethyl adjacent to an activating group) is 1. The van der Waals surface area contributed by atoms with Gasteiger partial charge < -0.3 is 50.8 Å². The Kier molecular flexibility index (Phi) is 38.8. The Balaban J connectivity index is 0.00000108. The van der Waals surface area contributed by atoms with Gasteiger partial charge in [-0.15, -0.1) is 0 Å². The van der Waals surface area contributed by atoms with Gasteiger partial charge >= 0.3 is 6.03 Å². The maximum atomic E-state index is 11.9. The quantitative estimate of drug-likeness (QED) is 0.0330. The lowest BCUT2D eigenvalue weighted by Gasteiger charge is -2.37. The van der Waals surface area contributed by atoms with Crippen molar-refractivity contribution in [1.29, 1.82) is 0 Å². The van der Waals surface area contributed by atoms with E-state index in [0.29, 0.717) is 62.4 Å². The number of anilines is 1. The van der Waals surface area contributed by atoms with Gasteiger partial charge in [0, 0.05) is 65.2 Å². The second kappa shape index (κ2) is 41.7. The normalized spacial score (nSPS) is 19.2. The Morgan fingerprint density at radius 2 is 1.51 bits per heavy atom. The van der Waals surface area contributed by atoms with Crippen LogP contribution in [0.1, 0.15) is 152 Å². The number of fused-ring (bicyclic) bond motifs is 2. The zero-order valence-electron chi connectivity index (χ0n) is 48.9. The van der Waals surface area contributed by atoms with Crippen molar-refractivity contribution in [1.82, 2.24) is 40.9 Å². The number of ether oxygens (including phenoxy) is 2. The second-order valence-electron chi connectivity index (χ2n) is 20.3. The van der Waals surface area contributed by atoms with Crippen LogP contribution in [-0.4, -0.2) is 166 Å². The van der Waals surface area contributed by atoms with E-state index in [-0.39, 0.29) is 48.5 Å². The number of benzene rings is 1. The first-order chi connectivity index (χ1) is 36.3. The molecule has 2 saturated heterocycles. The first-order valence-corrected chi connectivity index (χ1v) is 27.8. The number of nitrogens with zero attached hydrogens (tertiary/aromatic N) is 4. The van der Waals surface area contributed by atoms with Crippen LogP contribution in [0.3, 0.4) is 0 Å². The molecule has 1 aromatic rings. The largest absolute Gasteiger partial charge is 0.379 e. The third-order valence-electron chi connectivity index (χ3n) is 14.3. The predicted octanol–water partition coefficient (Wildman–Crippen LogP) is 6.89. The van der Waals surface area contributed by atoms with E-state index in [2.05, 4.69) is 87.0 Å². The van der Waals surface area contributed by atoms with Gasteiger partial charge in [0.2, 0.25) is 37.5 Å². The van der Waals surface area contributed by atoms with Gasteiger partial charge in [-0.1, -0.05) is 92.4 Å². The molecule has 0 spiro atoms. The number of nitrogens with one attached hydrogen (secondary N) is 5. The molecule has 5 N–H and O–H groups in total. The molecule has 2 heterocycles. The van der Waals surface area contributed by atoms with Crippen molar-refractivity contribution >= 4 is 55.1 Å². The molecule has 3 fully saturated rings. The smallest absolute Gasteiger partial charge is 0.315 e. The Bertz CT molecular complexity index is 1800. The number of hydrogen-bond donors (Lipinski definition) is 5. The van der Waals surface area contributed by atoms with E-state index in [9.17, 15) is 38.4 Å². The Labute approximate surface area is 457 Å². The number of amides is 9. The van der Waals surface area contributed by atoms with Crippen LogP contribution in [0.5, 0.6) is 0 Å². The number of carbonyl (C=O) groups excluding carboxylic acids is 8. The summed E-state index contributed by atoms with van der Waals surface area (Å²) >= 11 is 0. The molecule has 1 aromatic carbocycles. The minimum absolute atomic E-state index is 0.0186. The molecular formula is C57H101N9O10. The molecule has 9 amide bonds. The lowest BCUT2D eigenvalue weighted by atomic mass is 9.91. The summed E-state index contributed by atoms with van der Waals surface area (Å²) < 4.78 is 10.9. The average molecular weight is 1070 g/mol. The zero-order chi connectivity index (χ0) is 57.6. The van der Waals surface area contributed by atoms with E-state index in [1.54, 1.807) is 70.4 Å². The molecule has 3 aliphatic rings. The Hall–Kier alpha value is -5.40. The molecule has 0 aromatic heterocycles. The summed E-state index contributed by atoms with van der Waals surface area (Å²) in [7, 11) is 7.44. The zero-order valence-corrected chi connectivity index (χ0v) is 48.9. The highest BCUT2D eigenvalue weighted by Crippen LogP contribution is 2.40. The molecule has 9 atom stereocenters. The SMILES string of the molecule is C/C=C\C(=O)N(C=O)CCCCCCNC(=O)NCc1ccc(NC(=O)[C@H](C)NC=O)cc1.CC1C2CCC(C2)N1C.CCC.CCC(C)C(C(CC)OC)N(C)C(=O)CNC=O.COC(C(C)C)C1CCCN1C=O. The molecule has 2 bridgehead atoms. The molecule has 0 radical (unpaired) electrons. The number of imide groups is 1. The van der Waals surface area contributed by atoms with Crippen LogP contribution in [-0.2, 0) is 49.6 Å². The molecule has 4 rings (SSSR count). The Morgan fingerprint density at radius 1 is 0.855 bits per heavy atom. The van der Waals surface area contributed by atoms with Gasteiger partial charge in [-0.05, 0) is 121 Å². The average Bonchev–Trinajstić information content (AvgIpc) is 4.16. The number of urea groups is 1. The van der Waals surface area contributed by atoms with Crippen LogP contribution in [0.2, 0.25) is 0 Å². The summed E-state index contributed by atoms with van der Waals surface area (Å²) in [4.78, 5) is 96.9. The highest BCUT2D eigenvalue weighted by molar-refractivity contribution is 5.95. The number of likely N-dealkylation sites (tertiary alicyclic amines) is 2. The fourth-order valence-electron chi connectivity index (χ4n) is 9.64. The Morgan fingerprint density at radius 3 is 2.00 bits per heavy atom. The number of hydrogen-bond acceptors (Lipinski definition) is 11. The van der Waals surface area contributed by atoms with E-state index in [1.807, 2.05) is 11.8 Å². The van der Waals surface area contributed by atoms with Crippen LogP contribution in [0, 0.1) is 17.8 Å². The second-order valence-corrected chi connectivity index (χ2v) is 20.3. The summed E-state index contributed by atoms with van der Waals surface area (Å²) in [6.07, 6.45) is 18.6. The minimum Gasteiger partial charge on any atom is -0.379 e. The van der Waals surface area contributed by atoms with E-state index < -0.39 is 6.04 Å². The summed E-state index contributed by atoms with van der Waals surface area (Å²) in [5, 5.41) is 13.0. The van der Waals surface area contributed by atoms with Crippen molar-refractivity contribution in [2.45, 2.75) is 195 Å². The van der Waals surface area contributed by atoms with Crippen molar-refractivity contribution in [2.75, 3.05) is 59.8 Å². The molecule has 19 nitrogen and oxygen atoms in total. The van der Waals surface area contributed by atoms with Gasteiger partial charge in [-0.2, -0.15) is 0 Å². The molecule has 1 aliphatic carbocycles. The van der Waals surface area contributed by atoms with Crippen LogP contribution in [0.15, 0.2) is 36.4 Å². The number of rotatable bonds is 28. The number of piperidine rings is 1. The van der Waals surface area contributed by atoms with Crippen molar-refractivity contribution in [3.63, 3.8) is 0 Å². The monoisotopic (exact) mass is 1070 g/mol. The lowest BCUT2D eigenvalue weighted by molar-refractivity contribution is -0.136. The molecular weight excluding hydrogens is 971 g/mol. The van der Waals surface area contributed by atoms with Crippen molar-refractivity contribution in [2.24, 2.45) is 17.8 Å². The first kappa shape index (κ1) is 70.6. The van der Waals surface area contributed by atoms with Gasteiger partial charge in [-0.3, -0.25) is 38.5 Å². The van der Waals surface area contributed by atoms with Crippen LogP contribution in [0.4, 0.5) is 10.5 Å². The summed E-state index contributed by atoms with van der Waals surface area (Å²) in [5.41, 5.74) is 1.46. The number of unbranched alkanes of at least 4 members (excludes halogenated alkanes) is 3. The number of allylic oxidation sites excluding steroid dienone is 1. The van der Waals surface area contributed by atoms with Gasteiger partial charge in [0.15, 0.2) is 0 Å².